The van der Waals surface area contributed by atoms with Gasteiger partial charge in [0.05, 0.1) is 11.3 Å². The van der Waals surface area contributed by atoms with E-state index in [9.17, 15) is 8.42 Å². The molecule has 0 fully saturated rings. The minimum Gasteiger partial charge on any atom is -0.270 e. The maximum absolute atomic E-state index is 12.5. The number of allylic oxidation sites excluding steroid dienone is 1. The number of hydrogen-bond donors (Lipinski definition) is 2. The third-order valence-electron chi connectivity index (χ3n) is 4.56. The number of hydroxylamine groups is 1. The molecule has 1 aliphatic rings. The Morgan fingerprint density at radius 1 is 1.00 bits per heavy atom. The smallest absolute Gasteiger partial charge is 0.214 e. The van der Waals surface area contributed by atoms with Crippen LogP contribution in [0.25, 0.3) is 0 Å². The molecule has 0 spiro atoms. The van der Waals surface area contributed by atoms with E-state index in [1.54, 1.807) is 13.8 Å². The van der Waals surface area contributed by atoms with Crippen LogP contribution in [0.1, 0.15) is 25.0 Å². The first-order valence-electron chi connectivity index (χ1n) is 9.15. The van der Waals surface area contributed by atoms with Gasteiger partial charge in [0.15, 0.2) is 0 Å². The Hall–Kier alpha value is -2.15. The summed E-state index contributed by atoms with van der Waals surface area (Å²) in [6.07, 6.45) is 2.86. The highest BCUT2D eigenvalue weighted by Crippen LogP contribution is 2.19. The van der Waals surface area contributed by atoms with Crippen LogP contribution in [0.3, 0.4) is 0 Å². The van der Waals surface area contributed by atoms with Crippen LogP contribution in [0.4, 0.5) is 0 Å². The van der Waals surface area contributed by atoms with E-state index in [0.717, 1.165) is 11.3 Å². The minimum atomic E-state index is -3.42. The lowest BCUT2D eigenvalue weighted by molar-refractivity contribution is 0.0247. The predicted octanol–water partition coefficient (Wildman–Crippen LogP) is 2.96. The molecule has 2 unspecified atom stereocenters. The van der Waals surface area contributed by atoms with Crippen molar-refractivity contribution in [3.63, 3.8) is 0 Å². The van der Waals surface area contributed by atoms with Gasteiger partial charge >= 0.3 is 0 Å². The molecule has 0 aliphatic carbocycles. The van der Waals surface area contributed by atoms with Gasteiger partial charge in [-0.3, -0.25) is 10.3 Å². The summed E-state index contributed by atoms with van der Waals surface area (Å²) in [5.41, 5.74) is 6.13. The SMILES string of the molecule is CC(C)S(=O)(=O)NC(Cc1ccccc1)C1C=C(Cc2ccccc2)NO1. The Kier molecular flexibility index (Phi) is 6.31. The van der Waals surface area contributed by atoms with Crippen molar-refractivity contribution in [3.05, 3.63) is 83.6 Å². The van der Waals surface area contributed by atoms with Crippen molar-refractivity contribution in [2.24, 2.45) is 0 Å². The van der Waals surface area contributed by atoms with Crippen LogP contribution in [0.2, 0.25) is 0 Å². The fourth-order valence-corrected chi connectivity index (χ4v) is 3.87. The van der Waals surface area contributed by atoms with Gasteiger partial charge in [-0.15, -0.1) is 0 Å². The van der Waals surface area contributed by atoms with E-state index >= 15 is 0 Å². The molecule has 2 aromatic rings. The lowest BCUT2D eigenvalue weighted by atomic mass is 10.0. The van der Waals surface area contributed by atoms with E-state index < -0.39 is 15.3 Å². The van der Waals surface area contributed by atoms with Gasteiger partial charge < -0.3 is 0 Å². The Bertz CT molecular complexity index is 865. The van der Waals surface area contributed by atoms with E-state index in [4.69, 9.17) is 4.84 Å². The van der Waals surface area contributed by atoms with Gasteiger partial charge in [-0.2, -0.15) is 0 Å². The zero-order valence-corrected chi connectivity index (χ0v) is 16.4. The van der Waals surface area contributed by atoms with Crippen molar-refractivity contribution in [1.29, 1.82) is 0 Å². The van der Waals surface area contributed by atoms with E-state index in [1.807, 2.05) is 54.6 Å². The number of benzene rings is 2. The second-order valence-electron chi connectivity index (χ2n) is 7.05. The maximum atomic E-state index is 12.5. The summed E-state index contributed by atoms with van der Waals surface area (Å²) in [6, 6.07) is 19.5. The summed E-state index contributed by atoms with van der Waals surface area (Å²) < 4.78 is 27.7. The van der Waals surface area contributed by atoms with Gasteiger partial charge in [-0.25, -0.2) is 13.1 Å². The Balaban J connectivity index is 1.77. The molecule has 2 atom stereocenters. The van der Waals surface area contributed by atoms with E-state index in [0.29, 0.717) is 12.8 Å². The number of hydrogen-bond acceptors (Lipinski definition) is 4. The Morgan fingerprint density at radius 2 is 1.59 bits per heavy atom. The summed E-state index contributed by atoms with van der Waals surface area (Å²) in [5.74, 6) is 0. The van der Waals surface area contributed by atoms with Crippen LogP contribution in [0.15, 0.2) is 72.4 Å². The number of nitrogens with one attached hydrogen (secondary N) is 2. The van der Waals surface area contributed by atoms with Crippen LogP contribution in [-0.2, 0) is 27.7 Å². The van der Waals surface area contributed by atoms with Crippen molar-refractivity contribution in [2.45, 2.75) is 44.1 Å². The molecule has 3 rings (SSSR count). The van der Waals surface area contributed by atoms with Crippen LogP contribution in [0, 0.1) is 0 Å². The first kappa shape index (κ1) is 19.6. The quantitative estimate of drug-likeness (QED) is 0.732. The summed E-state index contributed by atoms with van der Waals surface area (Å²) in [5, 5.41) is -0.502. The monoisotopic (exact) mass is 386 g/mol. The second kappa shape index (κ2) is 8.69. The lowest BCUT2D eigenvalue weighted by Crippen LogP contribution is -2.47. The van der Waals surface area contributed by atoms with Crippen LogP contribution < -0.4 is 10.2 Å². The van der Waals surface area contributed by atoms with E-state index in [2.05, 4.69) is 22.3 Å². The molecular formula is C21H26N2O3S. The summed E-state index contributed by atoms with van der Waals surface area (Å²) in [6.45, 7) is 3.35. The molecule has 0 saturated heterocycles. The molecule has 6 heteroatoms. The highest BCUT2D eigenvalue weighted by Gasteiger charge is 2.31. The average molecular weight is 387 g/mol. The molecular weight excluding hydrogens is 360 g/mol. The zero-order chi connectivity index (χ0) is 19.3. The summed E-state index contributed by atoms with van der Waals surface area (Å²) in [4.78, 5) is 5.73. The molecule has 0 amide bonds. The van der Waals surface area contributed by atoms with Gasteiger partial charge in [0.2, 0.25) is 10.0 Å². The largest absolute Gasteiger partial charge is 0.270 e. The lowest BCUT2D eigenvalue weighted by Gasteiger charge is -2.23. The highest BCUT2D eigenvalue weighted by molar-refractivity contribution is 7.90. The Morgan fingerprint density at radius 3 is 2.19 bits per heavy atom. The first-order chi connectivity index (χ1) is 12.9. The molecule has 2 aromatic carbocycles. The fraction of sp³-hybridized carbons (Fsp3) is 0.333. The van der Waals surface area contributed by atoms with Crippen molar-refractivity contribution >= 4 is 10.0 Å². The normalized spacial score (nSPS) is 18.2. The number of sulfonamides is 1. The molecule has 0 radical (unpaired) electrons. The van der Waals surface area contributed by atoms with E-state index in [-0.39, 0.29) is 12.1 Å². The molecule has 2 N–H and O–H groups in total. The average Bonchev–Trinajstić information content (AvgIpc) is 3.11. The minimum absolute atomic E-state index is 0.377. The third-order valence-corrected chi connectivity index (χ3v) is 6.43. The molecule has 0 saturated carbocycles. The third kappa shape index (κ3) is 5.42. The first-order valence-corrected chi connectivity index (χ1v) is 10.7. The van der Waals surface area contributed by atoms with Gasteiger partial charge in [-0.05, 0) is 37.5 Å². The molecule has 0 bridgehead atoms. The zero-order valence-electron chi connectivity index (χ0n) is 15.6. The molecule has 0 aromatic heterocycles. The highest BCUT2D eigenvalue weighted by atomic mass is 32.2. The predicted molar refractivity (Wildman–Crippen MR) is 107 cm³/mol. The van der Waals surface area contributed by atoms with Crippen molar-refractivity contribution in [3.8, 4) is 0 Å². The van der Waals surface area contributed by atoms with Gasteiger partial charge in [-0.1, -0.05) is 60.7 Å². The summed E-state index contributed by atoms with van der Waals surface area (Å²) in [7, 11) is -3.42. The molecule has 144 valence electrons. The van der Waals surface area contributed by atoms with Gasteiger partial charge in [0.1, 0.15) is 6.10 Å². The number of rotatable bonds is 8. The Labute approximate surface area is 161 Å². The van der Waals surface area contributed by atoms with Gasteiger partial charge in [0.25, 0.3) is 0 Å². The van der Waals surface area contributed by atoms with Crippen LogP contribution in [-0.4, -0.2) is 25.8 Å². The van der Waals surface area contributed by atoms with E-state index in [1.165, 1.54) is 5.56 Å². The summed E-state index contributed by atoms with van der Waals surface area (Å²) >= 11 is 0. The van der Waals surface area contributed by atoms with Crippen molar-refractivity contribution in [1.82, 2.24) is 10.2 Å². The maximum Gasteiger partial charge on any atom is 0.214 e. The topological polar surface area (TPSA) is 67.4 Å². The fourth-order valence-electron chi connectivity index (χ4n) is 2.96. The van der Waals surface area contributed by atoms with Crippen LogP contribution in [0.5, 0.6) is 0 Å². The van der Waals surface area contributed by atoms with Gasteiger partial charge in [0, 0.05) is 12.1 Å². The second-order valence-corrected chi connectivity index (χ2v) is 9.32. The molecule has 5 nitrogen and oxygen atoms in total. The molecule has 27 heavy (non-hydrogen) atoms. The molecule has 1 heterocycles. The molecule has 1 aliphatic heterocycles. The van der Waals surface area contributed by atoms with Crippen molar-refractivity contribution < 1.29 is 13.3 Å². The van der Waals surface area contributed by atoms with Crippen LogP contribution >= 0.6 is 0 Å². The standard InChI is InChI=1S/C21H26N2O3S/c1-16(2)27(24,25)23-20(14-18-11-7-4-8-12-18)21-15-19(22-26-21)13-17-9-5-3-6-10-17/h3-12,15-16,20-23H,13-14H2,1-2H3. The van der Waals surface area contributed by atoms with Crippen molar-refractivity contribution in [2.75, 3.05) is 0 Å².